The van der Waals surface area contributed by atoms with Crippen molar-refractivity contribution in [1.29, 1.82) is 0 Å². The van der Waals surface area contributed by atoms with Gasteiger partial charge in [0.1, 0.15) is 12.4 Å². The normalized spacial score (nSPS) is 22.3. The average molecular weight is 170 g/mol. The minimum atomic E-state index is 0.116. The molecule has 66 valence electrons. The van der Waals surface area contributed by atoms with Crippen molar-refractivity contribution in [3.63, 3.8) is 0 Å². The first-order valence-corrected chi connectivity index (χ1v) is 3.53. The minimum absolute atomic E-state index is 0.116. The molecule has 0 saturated carbocycles. The van der Waals surface area contributed by atoms with Crippen LogP contribution in [0.5, 0.6) is 0 Å². The second-order valence-electron chi connectivity index (χ2n) is 2.81. The van der Waals surface area contributed by atoms with Gasteiger partial charge >= 0.3 is 0 Å². The van der Waals surface area contributed by atoms with Crippen molar-refractivity contribution in [3.05, 3.63) is 24.0 Å². The van der Waals surface area contributed by atoms with Gasteiger partial charge in [-0.15, -0.1) is 0 Å². The summed E-state index contributed by atoms with van der Waals surface area (Å²) in [6.45, 7) is 0.862. The van der Waals surface area contributed by atoms with Crippen LogP contribution in [0.4, 0.5) is 0 Å². The van der Waals surface area contributed by atoms with E-state index in [0.717, 1.165) is 5.06 Å². The molecule has 6 nitrogen and oxygen atoms in total. The zero-order valence-electron chi connectivity index (χ0n) is 6.38. The van der Waals surface area contributed by atoms with Crippen molar-refractivity contribution >= 4 is 0 Å². The molecule has 0 aromatic rings. The average Bonchev–Trinajstić information content (AvgIpc) is 2.29. The maximum absolute atomic E-state index is 9.27. The van der Waals surface area contributed by atoms with E-state index in [0.29, 0.717) is 19.0 Å². The minimum Gasteiger partial charge on any atom is -0.509 e. The monoisotopic (exact) mass is 170 g/mol. The van der Waals surface area contributed by atoms with Crippen molar-refractivity contribution in [3.8, 4) is 0 Å². The van der Waals surface area contributed by atoms with Crippen LogP contribution in [-0.2, 0) is 0 Å². The number of hydrogen-bond donors (Lipinski definition) is 3. The zero-order valence-corrected chi connectivity index (χ0v) is 6.38. The molecule has 0 atom stereocenters. The van der Waals surface area contributed by atoms with E-state index < -0.39 is 0 Å². The van der Waals surface area contributed by atoms with Crippen LogP contribution in [0.25, 0.3) is 0 Å². The van der Waals surface area contributed by atoms with Gasteiger partial charge in [-0.1, -0.05) is 0 Å². The Labute approximate surface area is 69.3 Å². The predicted molar refractivity (Wildman–Crippen MR) is 40.0 cm³/mol. The third kappa shape index (κ3) is 0.973. The molecule has 12 heavy (non-hydrogen) atoms. The number of aliphatic hydroxyl groups excluding tert-OH is 1. The number of hydrazine groups is 1. The van der Waals surface area contributed by atoms with Crippen molar-refractivity contribution in [2.75, 3.05) is 13.2 Å². The molecule has 0 amide bonds. The first kappa shape index (κ1) is 7.26. The third-order valence-corrected chi connectivity index (χ3v) is 1.80. The fraction of sp³-hybridized carbons (Fsp3) is 0.333. The van der Waals surface area contributed by atoms with Crippen LogP contribution in [0.2, 0.25) is 0 Å². The summed E-state index contributed by atoms with van der Waals surface area (Å²) >= 11 is 0. The summed E-state index contributed by atoms with van der Waals surface area (Å²) < 4.78 is 0. The number of hydroxylamine groups is 2. The van der Waals surface area contributed by atoms with E-state index >= 15 is 0 Å². The molecule has 6 heteroatoms. The van der Waals surface area contributed by atoms with Gasteiger partial charge in [0.2, 0.25) is 0 Å². The number of hydrogen-bond acceptors (Lipinski definition) is 6. The second kappa shape index (κ2) is 2.29. The molecule has 0 fully saturated rings. The topological polar surface area (TPSA) is 76.2 Å². The van der Waals surface area contributed by atoms with Gasteiger partial charge in [0.25, 0.3) is 0 Å². The molecule has 2 aliphatic rings. The molecule has 0 aromatic heterocycles. The molecule has 2 rings (SSSR count). The van der Waals surface area contributed by atoms with Gasteiger partial charge < -0.3 is 10.0 Å². The maximum Gasteiger partial charge on any atom is 0.153 e. The van der Waals surface area contributed by atoms with E-state index in [1.165, 1.54) is 11.2 Å². The Morgan fingerprint density at radius 2 is 2.17 bits per heavy atom. The Bertz CT molecular complexity index is 262. The van der Waals surface area contributed by atoms with E-state index in [2.05, 4.69) is 0 Å². The summed E-state index contributed by atoms with van der Waals surface area (Å²) in [5.41, 5.74) is 0. The highest BCUT2D eigenvalue weighted by Gasteiger charge is 2.27. The van der Waals surface area contributed by atoms with E-state index in [4.69, 9.17) is 10.9 Å². The molecular weight excluding hydrogens is 160 g/mol. The lowest BCUT2D eigenvalue weighted by Gasteiger charge is -2.29. The van der Waals surface area contributed by atoms with Crippen molar-refractivity contribution in [1.82, 2.24) is 15.0 Å². The van der Waals surface area contributed by atoms with Gasteiger partial charge in [0.05, 0.1) is 18.9 Å². The Morgan fingerprint density at radius 3 is 2.92 bits per heavy atom. The number of rotatable bonds is 0. The largest absolute Gasteiger partial charge is 0.509 e. The summed E-state index contributed by atoms with van der Waals surface area (Å²) in [5.74, 6) is 6.17. The maximum atomic E-state index is 9.27. The molecule has 0 radical (unpaired) electrons. The molecule has 0 spiro atoms. The number of nitrogens with zero attached hydrogens (tertiary/aromatic N) is 3. The molecule has 4 N–H and O–H groups in total. The van der Waals surface area contributed by atoms with Crippen LogP contribution < -0.4 is 5.84 Å². The smallest absolute Gasteiger partial charge is 0.153 e. The van der Waals surface area contributed by atoms with Crippen LogP contribution in [-0.4, -0.2) is 38.5 Å². The van der Waals surface area contributed by atoms with E-state index in [1.54, 1.807) is 11.1 Å². The first-order valence-electron chi connectivity index (χ1n) is 3.53. The number of fused-ring (bicyclic) bond motifs is 1. The summed E-state index contributed by atoms with van der Waals surface area (Å²) in [6.07, 6.45) is 2.85. The highest BCUT2D eigenvalue weighted by Crippen LogP contribution is 2.21. The molecule has 0 saturated heterocycles. The van der Waals surface area contributed by atoms with Crippen molar-refractivity contribution in [2.45, 2.75) is 0 Å². The van der Waals surface area contributed by atoms with Crippen LogP contribution in [0.15, 0.2) is 24.0 Å². The van der Waals surface area contributed by atoms with Crippen LogP contribution >= 0.6 is 0 Å². The molecule has 0 bridgehead atoms. The molecule has 0 aromatic carbocycles. The summed E-state index contributed by atoms with van der Waals surface area (Å²) in [7, 11) is 0. The lowest BCUT2D eigenvalue weighted by Crippen LogP contribution is -2.37. The van der Waals surface area contributed by atoms with Gasteiger partial charge in [-0.2, -0.15) is 0 Å². The summed E-state index contributed by atoms with van der Waals surface area (Å²) in [6, 6.07) is 0. The van der Waals surface area contributed by atoms with Gasteiger partial charge in [0, 0.05) is 0 Å². The highest BCUT2D eigenvalue weighted by atomic mass is 16.5. The van der Waals surface area contributed by atoms with Crippen LogP contribution in [0.3, 0.4) is 0 Å². The summed E-state index contributed by atoms with van der Waals surface area (Å²) in [4.78, 5) is 1.75. The van der Waals surface area contributed by atoms with Crippen LogP contribution in [0.1, 0.15) is 0 Å². The van der Waals surface area contributed by atoms with Gasteiger partial charge in [-0.05, 0) is 0 Å². The fourth-order valence-electron chi connectivity index (χ4n) is 1.32. The Hall–Kier alpha value is -1.40. The number of nitrogens with two attached hydrogens (primary N) is 1. The Kier molecular flexibility index (Phi) is 1.39. The van der Waals surface area contributed by atoms with E-state index in [1.807, 2.05) is 0 Å². The van der Waals surface area contributed by atoms with Crippen molar-refractivity contribution in [2.24, 2.45) is 5.84 Å². The van der Waals surface area contributed by atoms with Gasteiger partial charge in [-0.3, -0.25) is 10.2 Å². The Morgan fingerprint density at radius 1 is 1.42 bits per heavy atom. The van der Waals surface area contributed by atoms with Crippen LogP contribution in [0, 0.1) is 0 Å². The highest BCUT2D eigenvalue weighted by molar-refractivity contribution is 5.13. The lowest BCUT2D eigenvalue weighted by atomic mass is 10.4. The van der Waals surface area contributed by atoms with Gasteiger partial charge in [0.15, 0.2) is 5.82 Å². The fourth-order valence-corrected chi connectivity index (χ4v) is 1.32. The summed E-state index contributed by atoms with van der Waals surface area (Å²) in [5, 5.41) is 20.7. The quantitative estimate of drug-likeness (QED) is 0.419. The van der Waals surface area contributed by atoms with E-state index in [9.17, 15) is 5.21 Å². The standard InChI is InChI=1S/C6H10N4O2/c7-9-3-6-8(4-9)1-5(11)2-10(6)12/h2-3,11-12H,1,4,7H2. The SMILES string of the molecule is NN1C=C2N(O)C=C(O)CN2C1. The van der Waals surface area contributed by atoms with Crippen molar-refractivity contribution < 1.29 is 10.3 Å². The first-order chi connectivity index (χ1) is 5.66. The predicted octanol–water partition coefficient (Wildman–Crippen LogP) is -0.662. The molecule has 2 heterocycles. The molecule has 0 aliphatic carbocycles. The zero-order chi connectivity index (χ0) is 8.72. The lowest BCUT2D eigenvalue weighted by molar-refractivity contribution is -0.0447. The molecule has 2 aliphatic heterocycles. The third-order valence-electron chi connectivity index (χ3n) is 1.80. The molecular formula is C6H10N4O2. The van der Waals surface area contributed by atoms with Gasteiger partial charge in [-0.25, -0.2) is 10.9 Å². The second-order valence-corrected chi connectivity index (χ2v) is 2.81. The van der Waals surface area contributed by atoms with E-state index in [-0.39, 0.29) is 5.76 Å². The Balaban J connectivity index is 2.26. The number of aliphatic hydroxyl groups is 1. The molecule has 0 unspecified atom stereocenters.